The smallest absolute Gasteiger partial charge is 0.410 e. The number of fused-ring (bicyclic) bond motifs is 2. The number of ether oxygens (including phenoxy) is 2. The Morgan fingerprint density at radius 1 is 1.28 bits per heavy atom. The van der Waals surface area contributed by atoms with Crippen molar-refractivity contribution in [1.29, 1.82) is 0 Å². The third-order valence-corrected chi connectivity index (χ3v) is 3.25. The molecule has 0 aromatic carbocycles. The number of piperidine rings is 1. The lowest BCUT2D eigenvalue weighted by Gasteiger charge is -2.46. The summed E-state index contributed by atoms with van der Waals surface area (Å²) in [5.41, 5.74) is -0.508. The highest BCUT2D eigenvalue weighted by Crippen LogP contribution is 2.30. The molecule has 2 bridgehead atoms. The predicted octanol–water partition coefficient (Wildman–Crippen LogP) is 1.92. The molecule has 2 atom stereocenters. The molecule has 2 unspecified atom stereocenters. The van der Waals surface area contributed by atoms with Crippen molar-refractivity contribution >= 4 is 6.09 Å². The maximum Gasteiger partial charge on any atom is 0.410 e. The number of hydrogen-bond acceptors (Lipinski definition) is 5. The standard InChI is InChI=1S/C12H20N2O4/c1-12(2,3)18-11(15)14-9-4-8(13-16)5-10(14)7-17-6-9/h8-10H,4-7H2,1-3H3. The van der Waals surface area contributed by atoms with Crippen LogP contribution in [0.1, 0.15) is 33.6 Å². The number of nitrogens with zero attached hydrogens (tertiary/aromatic N) is 2. The zero-order valence-electron chi connectivity index (χ0n) is 11.1. The van der Waals surface area contributed by atoms with Crippen LogP contribution in [0.5, 0.6) is 0 Å². The number of morpholine rings is 1. The number of amides is 1. The van der Waals surface area contributed by atoms with Gasteiger partial charge in [-0.15, -0.1) is 0 Å². The van der Waals surface area contributed by atoms with Gasteiger partial charge in [-0.25, -0.2) is 4.79 Å². The first kappa shape index (κ1) is 13.3. The van der Waals surface area contributed by atoms with Crippen LogP contribution in [-0.2, 0) is 9.47 Å². The first-order valence-corrected chi connectivity index (χ1v) is 6.32. The number of carbonyl (C=O) groups excluding carboxylic acids is 1. The third-order valence-electron chi connectivity index (χ3n) is 3.25. The van der Waals surface area contributed by atoms with Gasteiger partial charge in [0.2, 0.25) is 0 Å². The van der Waals surface area contributed by atoms with Crippen molar-refractivity contribution in [1.82, 2.24) is 4.90 Å². The van der Waals surface area contributed by atoms with Gasteiger partial charge in [0.05, 0.1) is 31.3 Å². The van der Waals surface area contributed by atoms with Gasteiger partial charge in [-0.2, -0.15) is 4.91 Å². The highest BCUT2D eigenvalue weighted by molar-refractivity contribution is 5.69. The molecule has 2 rings (SSSR count). The summed E-state index contributed by atoms with van der Waals surface area (Å²) in [5, 5.41) is 3.11. The molecule has 0 N–H and O–H groups in total. The Hall–Kier alpha value is -1.17. The number of rotatable bonds is 1. The number of carbonyl (C=O) groups is 1. The summed E-state index contributed by atoms with van der Waals surface area (Å²) < 4.78 is 10.9. The second-order valence-corrected chi connectivity index (χ2v) is 5.96. The van der Waals surface area contributed by atoms with Crippen LogP contribution in [0.2, 0.25) is 0 Å². The van der Waals surface area contributed by atoms with E-state index in [0.717, 1.165) is 0 Å². The molecule has 2 fully saturated rings. The van der Waals surface area contributed by atoms with Gasteiger partial charge in [-0.1, -0.05) is 5.18 Å². The quantitative estimate of drug-likeness (QED) is 0.672. The van der Waals surface area contributed by atoms with Crippen LogP contribution in [-0.4, -0.2) is 47.9 Å². The molecular weight excluding hydrogens is 236 g/mol. The predicted molar refractivity (Wildman–Crippen MR) is 65.3 cm³/mol. The molecule has 6 heteroatoms. The van der Waals surface area contributed by atoms with Gasteiger partial charge in [-0.05, 0) is 33.6 Å². The largest absolute Gasteiger partial charge is 0.444 e. The Kier molecular flexibility index (Phi) is 3.56. The van der Waals surface area contributed by atoms with E-state index in [1.165, 1.54) is 0 Å². The SMILES string of the molecule is CC(C)(C)OC(=O)N1C2COCC1CC(N=O)C2. The summed E-state index contributed by atoms with van der Waals surface area (Å²) in [6.45, 7) is 6.45. The van der Waals surface area contributed by atoms with E-state index >= 15 is 0 Å². The highest BCUT2D eigenvalue weighted by atomic mass is 16.6. The minimum absolute atomic E-state index is 0.0879. The Bertz CT molecular complexity index is 325. The molecule has 2 aliphatic heterocycles. The molecule has 2 saturated heterocycles. The van der Waals surface area contributed by atoms with E-state index in [1.54, 1.807) is 4.90 Å². The van der Waals surface area contributed by atoms with E-state index in [1.807, 2.05) is 20.8 Å². The van der Waals surface area contributed by atoms with E-state index < -0.39 is 5.60 Å². The van der Waals surface area contributed by atoms with Gasteiger partial charge in [0.1, 0.15) is 5.60 Å². The number of nitroso groups, excluding NO2 is 1. The molecule has 0 radical (unpaired) electrons. The van der Waals surface area contributed by atoms with Gasteiger partial charge in [0, 0.05) is 0 Å². The average molecular weight is 256 g/mol. The van der Waals surface area contributed by atoms with Crippen molar-refractivity contribution in [3.8, 4) is 0 Å². The summed E-state index contributed by atoms with van der Waals surface area (Å²) in [7, 11) is 0. The molecule has 102 valence electrons. The monoisotopic (exact) mass is 256 g/mol. The zero-order chi connectivity index (χ0) is 13.3. The molecule has 0 saturated carbocycles. The van der Waals surface area contributed by atoms with Crippen molar-refractivity contribution in [3.63, 3.8) is 0 Å². The minimum Gasteiger partial charge on any atom is -0.444 e. The summed E-state index contributed by atoms with van der Waals surface area (Å²) >= 11 is 0. The Morgan fingerprint density at radius 2 is 1.83 bits per heavy atom. The Balaban J connectivity index is 2.08. The molecular formula is C12H20N2O4. The lowest BCUT2D eigenvalue weighted by Crippen LogP contribution is -2.60. The van der Waals surface area contributed by atoms with Gasteiger partial charge >= 0.3 is 6.09 Å². The third kappa shape index (κ3) is 2.80. The fourth-order valence-corrected chi connectivity index (χ4v) is 2.59. The van der Waals surface area contributed by atoms with Gasteiger partial charge in [0.15, 0.2) is 0 Å². The molecule has 1 amide bonds. The zero-order valence-corrected chi connectivity index (χ0v) is 11.1. The number of hydrogen-bond donors (Lipinski definition) is 0. The molecule has 18 heavy (non-hydrogen) atoms. The summed E-state index contributed by atoms with van der Waals surface area (Å²) in [4.78, 5) is 24.6. The second kappa shape index (κ2) is 4.84. The van der Waals surface area contributed by atoms with E-state index in [9.17, 15) is 9.70 Å². The van der Waals surface area contributed by atoms with Crippen LogP contribution in [0, 0.1) is 4.91 Å². The maximum absolute atomic E-state index is 12.2. The average Bonchev–Trinajstić information content (AvgIpc) is 2.24. The van der Waals surface area contributed by atoms with Crippen molar-refractivity contribution in [3.05, 3.63) is 4.91 Å². The molecule has 0 aromatic heterocycles. The fraction of sp³-hybridized carbons (Fsp3) is 0.917. The topological polar surface area (TPSA) is 68.2 Å². The van der Waals surface area contributed by atoms with Crippen molar-refractivity contribution < 1.29 is 14.3 Å². The molecule has 2 aliphatic rings. The maximum atomic E-state index is 12.2. The Morgan fingerprint density at radius 3 is 2.28 bits per heavy atom. The van der Waals surface area contributed by atoms with Crippen LogP contribution in [0.25, 0.3) is 0 Å². The van der Waals surface area contributed by atoms with Crippen molar-refractivity contribution in [2.24, 2.45) is 5.18 Å². The first-order chi connectivity index (χ1) is 8.40. The lowest BCUT2D eigenvalue weighted by atomic mass is 9.91. The van der Waals surface area contributed by atoms with Crippen LogP contribution in [0.4, 0.5) is 4.79 Å². The Labute approximate surface area is 107 Å². The van der Waals surface area contributed by atoms with Gasteiger partial charge in [-0.3, -0.25) is 4.90 Å². The summed E-state index contributed by atoms with van der Waals surface area (Å²) in [6.07, 6.45) is 0.823. The molecule has 0 aliphatic carbocycles. The highest BCUT2D eigenvalue weighted by Gasteiger charge is 2.43. The van der Waals surface area contributed by atoms with E-state index in [0.29, 0.717) is 26.1 Å². The first-order valence-electron chi connectivity index (χ1n) is 6.32. The van der Waals surface area contributed by atoms with Gasteiger partial charge in [0.25, 0.3) is 0 Å². The van der Waals surface area contributed by atoms with E-state index in [-0.39, 0.29) is 24.2 Å². The fourth-order valence-electron chi connectivity index (χ4n) is 2.59. The van der Waals surface area contributed by atoms with Crippen molar-refractivity contribution in [2.45, 2.75) is 57.3 Å². The summed E-state index contributed by atoms with van der Waals surface area (Å²) in [6, 6.07) is -0.382. The van der Waals surface area contributed by atoms with E-state index in [4.69, 9.17) is 9.47 Å². The lowest BCUT2D eigenvalue weighted by molar-refractivity contribution is -0.0816. The normalized spacial score (nSPS) is 31.9. The second-order valence-electron chi connectivity index (χ2n) is 5.96. The minimum atomic E-state index is -0.508. The van der Waals surface area contributed by atoms with Crippen LogP contribution >= 0.6 is 0 Å². The molecule has 6 nitrogen and oxygen atoms in total. The summed E-state index contributed by atoms with van der Waals surface area (Å²) in [5.74, 6) is 0. The molecule has 0 aromatic rings. The molecule has 2 heterocycles. The van der Waals surface area contributed by atoms with Gasteiger partial charge < -0.3 is 9.47 Å². The van der Waals surface area contributed by atoms with Crippen molar-refractivity contribution in [2.75, 3.05) is 13.2 Å². The van der Waals surface area contributed by atoms with E-state index in [2.05, 4.69) is 5.18 Å². The van der Waals surface area contributed by atoms with Crippen LogP contribution < -0.4 is 0 Å². The van der Waals surface area contributed by atoms with Crippen LogP contribution in [0.15, 0.2) is 5.18 Å². The molecule has 0 spiro atoms. The van der Waals surface area contributed by atoms with Crippen LogP contribution in [0.3, 0.4) is 0 Å².